The third-order valence-corrected chi connectivity index (χ3v) is 5.56. The number of azo groups is 1. The number of benzene rings is 3. The number of ether oxygens (including phenoxy) is 1. The molecule has 0 saturated heterocycles. The van der Waals surface area contributed by atoms with Gasteiger partial charge < -0.3 is 9.84 Å². The molecule has 33 heavy (non-hydrogen) atoms. The van der Waals surface area contributed by atoms with Crippen molar-refractivity contribution in [2.45, 2.75) is 13.8 Å². The van der Waals surface area contributed by atoms with E-state index in [9.17, 15) is 9.90 Å². The van der Waals surface area contributed by atoms with Crippen LogP contribution in [0.1, 0.15) is 11.1 Å². The Hall–Kier alpha value is -4.04. The molecule has 0 atom stereocenters. The van der Waals surface area contributed by atoms with Crippen molar-refractivity contribution in [3.8, 4) is 23.0 Å². The van der Waals surface area contributed by atoms with Crippen molar-refractivity contribution in [2.24, 2.45) is 10.2 Å². The molecule has 3 aromatic carbocycles. The summed E-state index contributed by atoms with van der Waals surface area (Å²) in [4.78, 5) is 13.5. The van der Waals surface area contributed by atoms with Crippen molar-refractivity contribution >= 4 is 23.6 Å². The van der Waals surface area contributed by atoms with Crippen LogP contribution in [-0.4, -0.2) is 21.4 Å². The van der Waals surface area contributed by atoms with Crippen molar-refractivity contribution in [1.29, 1.82) is 0 Å². The van der Waals surface area contributed by atoms with Crippen LogP contribution in [0, 0.1) is 18.6 Å². The number of aromatic hydroxyl groups is 1. The molecule has 8 heteroatoms. The molecule has 0 saturated carbocycles. The number of nitrogens with zero attached hydrogens (tertiary/aromatic N) is 4. The van der Waals surface area contributed by atoms with Crippen LogP contribution in [0.15, 0.2) is 87.8 Å². The van der Waals surface area contributed by atoms with Crippen LogP contribution in [-0.2, 0) is 0 Å². The van der Waals surface area contributed by atoms with Gasteiger partial charge in [0.25, 0.3) is 5.56 Å². The summed E-state index contributed by atoms with van der Waals surface area (Å²) in [7, 11) is 1.51. The molecule has 0 spiro atoms. The van der Waals surface area contributed by atoms with Gasteiger partial charge in [0.15, 0.2) is 4.77 Å². The summed E-state index contributed by atoms with van der Waals surface area (Å²) in [5.41, 5.74) is 2.69. The van der Waals surface area contributed by atoms with Gasteiger partial charge in [-0.3, -0.25) is 9.36 Å². The highest BCUT2D eigenvalue weighted by Crippen LogP contribution is 2.31. The van der Waals surface area contributed by atoms with E-state index in [0.717, 1.165) is 11.1 Å². The zero-order chi connectivity index (χ0) is 23.5. The maximum Gasteiger partial charge on any atom is 0.290 e. The normalized spacial score (nSPS) is 11.1. The second-order valence-corrected chi connectivity index (χ2v) is 7.79. The standard InChI is InChI=1S/C25H22N4O3S/c1-16-12-14-18(15-13-16)26-27-22-23(30)28(19-9-5-4-8-17(19)2)25(33)29(24(22)31)20-10-6-7-11-21(20)32-3/h4-15,30H,1-3H3. The molecule has 1 heterocycles. The van der Waals surface area contributed by atoms with E-state index >= 15 is 0 Å². The topological polar surface area (TPSA) is 81.1 Å². The first-order valence-electron chi connectivity index (χ1n) is 10.2. The number of aromatic nitrogens is 2. The van der Waals surface area contributed by atoms with Gasteiger partial charge in [-0.1, -0.05) is 48.0 Å². The van der Waals surface area contributed by atoms with Gasteiger partial charge in [0.2, 0.25) is 11.6 Å². The third-order valence-electron chi connectivity index (χ3n) is 5.19. The largest absolute Gasteiger partial charge is 0.495 e. The Kier molecular flexibility index (Phi) is 6.19. The highest BCUT2D eigenvalue weighted by molar-refractivity contribution is 7.71. The Balaban J connectivity index is 2.05. The molecule has 0 unspecified atom stereocenters. The van der Waals surface area contributed by atoms with E-state index in [1.54, 1.807) is 36.4 Å². The van der Waals surface area contributed by atoms with Gasteiger partial charge in [-0.05, 0) is 62.0 Å². The monoisotopic (exact) mass is 458 g/mol. The maximum absolute atomic E-state index is 13.5. The zero-order valence-corrected chi connectivity index (χ0v) is 19.2. The van der Waals surface area contributed by atoms with Crippen LogP contribution >= 0.6 is 12.2 Å². The molecule has 4 rings (SSSR count). The molecule has 4 aromatic rings. The number of hydrogen-bond donors (Lipinski definition) is 1. The van der Waals surface area contributed by atoms with Crippen LogP contribution in [0.4, 0.5) is 11.4 Å². The van der Waals surface area contributed by atoms with E-state index < -0.39 is 5.56 Å². The minimum atomic E-state index is -0.609. The van der Waals surface area contributed by atoms with E-state index in [1.807, 2.05) is 50.2 Å². The summed E-state index contributed by atoms with van der Waals surface area (Å²) >= 11 is 5.69. The van der Waals surface area contributed by atoms with Crippen LogP contribution < -0.4 is 10.3 Å². The fourth-order valence-electron chi connectivity index (χ4n) is 3.45. The highest BCUT2D eigenvalue weighted by atomic mass is 32.1. The first kappa shape index (κ1) is 22.2. The summed E-state index contributed by atoms with van der Waals surface area (Å²) in [6.45, 7) is 3.86. The fraction of sp³-hybridized carbons (Fsp3) is 0.120. The predicted octanol–water partition coefficient (Wildman–Crippen LogP) is 6.10. The van der Waals surface area contributed by atoms with Gasteiger partial charge in [0.05, 0.1) is 24.2 Å². The number of aryl methyl sites for hydroxylation is 2. The summed E-state index contributed by atoms with van der Waals surface area (Å²) in [5, 5.41) is 19.5. The van der Waals surface area contributed by atoms with Gasteiger partial charge in [-0.15, -0.1) is 5.11 Å². The summed E-state index contributed by atoms with van der Waals surface area (Å²) in [6.07, 6.45) is 0. The Labute approximate surface area is 195 Å². The van der Waals surface area contributed by atoms with Crippen molar-refractivity contribution in [2.75, 3.05) is 7.11 Å². The molecule has 0 aliphatic rings. The van der Waals surface area contributed by atoms with E-state index in [1.165, 1.54) is 16.2 Å². The van der Waals surface area contributed by atoms with Gasteiger partial charge in [-0.2, -0.15) is 5.11 Å². The summed E-state index contributed by atoms with van der Waals surface area (Å²) in [6, 6.07) is 21.8. The van der Waals surface area contributed by atoms with Gasteiger partial charge in [-0.25, -0.2) is 4.57 Å². The minimum absolute atomic E-state index is 0.0746. The van der Waals surface area contributed by atoms with E-state index in [2.05, 4.69) is 10.2 Å². The lowest BCUT2D eigenvalue weighted by molar-refractivity contribution is 0.410. The molecule has 0 amide bonds. The molecule has 7 nitrogen and oxygen atoms in total. The lowest BCUT2D eigenvalue weighted by Gasteiger charge is -2.18. The third kappa shape index (κ3) is 4.20. The van der Waals surface area contributed by atoms with Gasteiger partial charge >= 0.3 is 0 Å². The number of methoxy groups -OCH3 is 1. The molecular formula is C25H22N4O3S. The minimum Gasteiger partial charge on any atom is -0.495 e. The second kappa shape index (κ2) is 9.22. The average Bonchev–Trinajstić information content (AvgIpc) is 2.81. The Morgan fingerprint density at radius 1 is 0.848 bits per heavy atom. The first-order valence-corrected chi connectivity index (χ1v) is 10.6. The Morgan fingerprint density at radius 3 is 2.15 bits per heavy atom. The number of para-hydroxylation sites is 3. The SMILES string of the molecule is COc1ccccc1-n1c(=O)c(N=Nc2ccc(C)cc2)c(O)n(-c2ccccc2C)c1=S. The van der Waals surface area contributed by atoms with Crippen molar-refractivity contribution < 1.29 is 9.84 Å². The van der Waals surface area contributed by atoms with Crippen molar-refractivity contribution in [3.05, 3.63) is 99.0 Å². The summed E-state index contributed by atoms with van der Waals surface area (Å²) in [5.74, 6) is 0.0652. The number of rotatable bonds is 5. The molecule has 0 bridgehead atoms. The molecule has 0 aliphatic heterocycles. The maximum atomic E-state index is 13.5. The van der Waals surface area contributed by atoms with Crippen molar-refractivity contribution in [1.82, 2.24) is 9.13 Å². The molecule has 0 radical (unpaired) electrons. The Bertz CT molecular complexity index is 1470. The van der Waals surface area contributed by atoms with Crippen LogP contribution in [0.5, 0.6) is 11.6 Å². The fourth-order valence-corrected chi connectivity index (χ4v) is 3.82. The van der Waals surface area contributed by atoms with E-state index in [-0.39, 0.29) is 16.3 Å². The molecule has 166 valence electrons. The quantitative estimate of drug-likeness (QED) is 0.289. The second-order valence-electron chi connectivity index (χ2n) is 7.42. The molecule has 1 N–H and O–H groups in total. The molecule has 0 fully saturated rings. The highest BCUT2D eigenvalue weighted by Gasteiger charge is 2.21. The van der Waals surface area contributed by atoms with E-state index in [4.69, 9.17) is 17.0 Å². The summed E-state index contributed by atoms with van der Waals surface area (Å²) < 4.78 is 8.25. The number of hydrogen-bond acceptors (Lipinski definition) is 6. The molecule has 1 aromatic heterocycles. The van der Waals surface area contributed by atoms with Crippen molar-refractivity contribution in [3.63, 3.8) is 0 Å². The van der Waals surface area contributed by atoms with E-state index in [0.29, 0.717) is 22.8 Å². The lowest BCUT2D eigenvalue weighted by atomic mass is 10.2. The molecule has 0 aliphatic carbocycles. The smallest absolute Gasteiger partial charge is 0.290 e. The van der Waals surface area contributed by atoms with Gasteiger partial charge in [0, 0.05) is 0 Å². The Morgan fingerprint density at radius 2 is 1.48 bits per heavy atom. The van der Waals surface area contributed by atoms with Crippen LogP contribution in [0.2, 0.25) is 0 Å². The van der Waals surface area contributed by atoms with Crippen LogP contribution in [0.25, 0.3) is 11.4 Å². The van der Waals surface area contributed by atoms with Gasteiger partial charge in [0.1, 0.15) is 5.75 Å². The average molecular weight is 459 g/mol. The first-order chi connectivity index (χ1) is 15.9. The predicted molar refractivity (Wildman–Crippen MR) is 131 cm³/mol. The lowest BCUT2D eigenvalue weighted by Crippen LogP contribution is -2.23. The molecular weight excluding hydrogens is 436 g/mol. The van der Waals surface area contributed by atoms with Crippen LogP contribution in [0.3, 0.4) is 0 Å². The zero-order valence-electron chi connectivity index (χ0n) is 18.4.